The van der Waals surface area contributed by atoms with E-state index in [0.717, 1.165) is 5.56 Å². The van der Waals surface area contributed by atoms with E-state index in [1.807, 2.05) is 30.3 Å². The van der Waals surface area contributed by atoms with E-state index < -0.39 is 15.8 Å². The first-order chi connectivity index (χ1) is 9.46. The van der Waals surface area contributed by atoms with E-state index in [9.17, 15) is 13.2 Å². The number of hydrogen-bond acceptors (Lipinski definition) is 3. The number of nitrogens with one attached hydrogen (secondary N) is 1. The van der Waals surface area contributed by atoms with Crippen molar-refractivity contribution in [1.82, 2.24) is 4.98 Å². The lowest BCUT2D eigenvalue weighted by molar-refractivity contribution is -0.136. The molecule has 3 rings (SSSR count). The minimum atomic E-state index is -3.14. The van der Waals surface area contributed by atoms with Crippen molar-refractivity contribution in [2.24, 2.45) is 0 Å². The molecule has 1 aromatic carbocycles. The summed E-state index contributed by atoms with van der Waals surface area (Å²) in [6, 6.07) is 9.36. The predicted octanol–water partition coefficient (Wildman–Crippen LogP) is 1.74. The fourth-order valence-electron chi connectivity index (χ4n) is 2.62. The molecule has 0 aliphatic carbocycles. The van der Waals surface area contributed by atoms with Crippen LogP contribution in [0, 0.1) is 0 Å². The number of benzene rings is 1. The van der Waals surface area contributed by atoms with Gasteiger partial charge in [0.15, 0.2) is 9.84 Å². The van der Waals surface area contributed by atoms with Crippen molar-refractivity contribution in [3.8, 4) is 11.3 Å². The van der Waals surface area contributed by atoms with Crippen molar-refractivity contribution in [2.75, 3.05) is 0 Å². The Labute approximate surface area is 116 Å². The maximum Gasteiger partial charge on any atom is 0.307 e. The molecular weight excluding hydrogens is 278 g/mol. The molecule has 0 amide bonds. The number of fused-ring (bicyclic) bond motifs is 1. The van der Waals surface area contributed by atoms with Gasteiger partial charge in [-0.25, -0.2) is 8.42 Å². The van der Waals surface area contributed by atoms with Gasteiger partial charge in [0, 0.05) is 11.4 Å². The number of aromatic nitrogens is 1. The van der Waals surface area contributed by atoms with Gasteiger partial charge in [-0.1, -0.05) is 30.3 Å². The van der Waals surface area contributed by atoms with Crippen LogP contribution in [0.15, 0.2) is 30.3 Å². The van der Waals surface area contributed by atoms with Crippen LogP contribution >= 0.6 is 0 Å². The topological polar surface area (TPSA) is 87.2 Å². The Hall–Kier alpha value is -2.08. The van der Waals surface area contributed by atoms with E-state index in [4.69, 9.17) is 5.11 Å². The minimum Gasteiger partial charge on any atom is -0.481 e. The zero-order valence-corrected chi connectivity index (χ0v) is 11.4. The summed E-state index contributed by atoms with van der Waals surface area (Å²) in [4.78, 5) is 14.1. The molecule has 0 unspecified atom stereocenters. The molecule has 5 nitrogen and oxygen atoms in total. The maximum absolute atomic E-state index is 11.7. The second-order valence-electron chi connectivity index (χ2n) is 4.90. The van der Waals surface area contributed by atoms with Crippen LogP contribution in [-0.4, -0.2) is 24.5 Å². The largest absolute Gasteiger partial charge is 0.481 e. The molecule has 0 radical (unpaired) electrons. The predicted molar refractivity (Wildman–Crippen MR) is 73.9 cm³/mol. The van der Waals surface area contributed by atoms with Crippen LogP contribution in [0.4, 0.5) is 0 Å². The Bertz CT molecular complexity index is 775. The minimum absolute atomic E-state index is 0.0399. The third kappa shape index (κ3) is 2.22. The molecular formula is C14H13NO4S. The summed E-state index contributed by atoms with van der Waals surface area (Å²) >= 11 is 0. The Kier molecular flexibility index (Phi) is 2.90. The molecule has 1 aliphatic rings. The molecule has 2 aromatic rings. The molecule has 0 saturated carbocycles. The highest BCUT2D eigenvalue weighted by atomic mass is 32.2. The Morgan fingerprint density at radius 2 is 1.90 bits per heavy atom. The number of sulfone groups is 1. The van der Waals surface area contributed by atoms with Crippen LogP contribution in [0.3, 0.4) is 0 Å². The number of aromatic amines is 1. The molecule has 0 spiro atoms. The van der Waals surface area contributed by atoms with E-state index in [1.54, 1.807) is 0 Å². The fraction of sp³-hybridized carbons (Fsp3) is 0.214. The van der Waals surface area contributed by atoms with Gasteiger partial charge in [-0.15, -0.1) is 0 Å². The summed E-state index contributed by atoms with van der Waals surface area (Å²) in [5.74, 6) is -1.08. The van der Waals surface area contributed by atoms with Gasteiger partial charge < -0.3 is 10.1 Å². The molecule has 2 heterocycles. The fourth-order valence-corrected chi connectivity index (χ4v) is 4.20. The molecule has 20 heavy (non-hydrogen) atoms. The van der Waals surface area contributed by atoms with Gasteiger partial charge >= 0.3 is 5.97 Å². The first-order valence-corrected chi connectivity index (χ1v) is 7.98. The molecule has 6 heteroatoms. The molecule has 104 valence electrons. The van der Waals surface area contributed by atoms with E-state index in [0.29, 0.717) is 22.5 Å². The number of aliphatic carboxylic acids is 1. The van der Waals surface area contributed by atoms with Crippen molar-refractivity contribution in [1.29, 1.82) is 0 Å². The van der Waals surface area contributed by atoms with Crippen LogP contribution in [0.25, 0.3) is 11.3 Å². The second-order valence-corrected chi connectivity index (χ2v) is 6.97. The summed E-state index contributed by atoms with van der Waals surface area (Å²) in [6.45, 7) is 0. The lowest BCUT2D eigenvalue weighted by Gasteiger charge is -2.05. The van der Waals surface area contributed by atoms with E-state index in [1.165, 1.54) is 0 Å². The third-order valence-corrected chi connectivity index (χ3v) is 4.88. The average molecular weight is 291 g/mol. The lowest BCUT2D eigenvalue weighted by atomic mass is 10.0. The average Bonchev–Trinajstić information content (AvgIpc) is 2.84. The van der Waals surface area contributed by atoms with Crippen LogP contribution in [0.2, 0.25) is 0 Å². The van der Waals surface area contributed by atoms with Gasteiger partial charge in [0.2, 0.25) is 0 Å². The zero-order chi connectivity index (χ0) is 14.3. The van der Waals surface area contributed by atoms with Crippen molar-refractivity contribution in [3.63, 3.8) is 0 Å². The highest BCUT2D eigenvalue weighted by Crippen LogP contribution is 2.35. The number of carboxylic acids is 1. The first kappa shape index (κ1) is 12.9. The Morgan fingerprint density at radius 3 is 2.55 bits per heavy atom. The summed E-state index contributed by atoms with van der Waals surface area (Å²) < 4.78 is 23.3. The van der Waals surface area contributed by atoms with Gasteiger partial charge in [0.05, 0.1) is 17.9 Å². The van der Waals surface area contributed by atoms with Gasteiger partial charge in [0.1, 0.15) is 0 Å². The quantitative estimate of drug-likeness (QED) is 0.901. The second kappa shape index (κ2) is 4.49. The van der Waals surface area contributed by atoms with E-state index >= 15 is 0 Å². The van der Waals surface area contributed by atoms with Crippen molar-refractivity contribution < 1.29 is 18.3 Å². The van der Waals surface area contributed by atoms with Crippen LogP contribution < -0.4 is 0 Å². The van der Waals surface area contributed by atoms with E-state index in [-0.39, 0.29) is 17.9 Å². The lowest BCUT2D eigenvalue weighted by Crippen LogP contribution is -2.05. The number of carbonyl (C=O) groups is 1. The summed E-state index contributed by atoms with van der Waals surface area (Å²) in [6.07, 6.45) is -0.175. The normalized spacial score (nSPS) is 16.0. The first-order valence-electron chi connectivity index (χ1n) is 6.16. The Morgan fingerprint density at radius 1 is 1.20 bits per heavy atom. The standard InChI is InChI=1S/C14H13NO4S/c16-13(17)6-10-11-7-20(18,19)8-12(11)15-14(10)9-4-2-1-3-5-9/h1-5,15H,6-8H2,(H,16,17). The molecule has 1 aliphatic heterocycles. The molecule has 0 bridgehead atoms. The molecule has 0 saturated heterocycles. The Balaban J connectivity index is 2.15. The van der Waals surface area contributed by atoms with Gasteiger partial charge in [0.25, 0.3) is 0 Å². The molecule has 2 N–H and O–H groups in total. The van der Waals surface area contributed by atoms with Crippen molar-refractivity contribution in [2.45, 2.75) is 17.9 Å². The van der Waals surface area contributed by atoms with Crippen molar-refractivity contribution in [3.05, 3.63) is 47.2 Å². The zero-order valence-electron chi connectivity index (χ0n) is 10.6. The summed E-state index contributed by atoms with van der Waals surface area (Å²) in [5.41, 5.74) is 3.43. The van der Waals surface area contributed by atoms with Crippen LogP contribution in [0.1, 0.15) is 16.8 Å². The number of H-pyrrole nitrogens is 1. The highest BCUT2D eigenvalue weighted by molar-refractivity contribution is 7.90. The molecule has 0 atom stereocenters. The monoisotopic (exact) mass is 291 g/mol. The maximum atomic E-state index is 11.7. The van der Waals surface area contributed by atoms with Gasteiger partial charge in [-0.2, -0.15) is 0 Å². The van der Waals surface area contributed by atoms with Crippen molar-refractivity contribution >= 4 is 15.8 Å². The molecule has 0 fully saturated rings. The van der Waals surface area contributed by atoms with Gasteiger partial charge in [-0.05, 0) is 16.7 Å². The van der Waals surface area contributed by atoms with E-state index in [2.05, 4.69) is 4.98 Å². The smallest absolute Gasteiger partial charge is 0.307 e. The summed E-state index contributed by atoms with van der Waals surface area (Å²) in [7, 11) is -3.14. The number of carboxylic acid groups (broad SMARTS) is 1. The number of rotatable bonds is 3. The molecule has 1 aromatic heterocycles. The number of hydrogen-bond donors (Lipinski definition) is 2. The highest BCUT2D eigenvalue weighted by Gasteiger charge is 2.31. The summed E-state index contributed by atoms with van der Waals surface area (Å²) in [5, 5.41) is 9.05. The third-order valence-electron chi connectivity index (χ3n) is 3.43. The SMILES string of the molecule is O=C(O)Cc1c(-c2ccccc2)[nH]c2c1CS(=O)(=O)C2. The van der Waals surface area contributed by atoms with Crippen LogP contribution in [0.5, 0.6) is 0 Å². The van der Waals surface area contributed by atoms with Gasteiger partial charge in [-0.3, -0.25) is 4.79 Å². The van der Waals surface area contributed by atoms with Crippen LogP contribution in [-0.2, 0) is 32.6 Å².